The van der Waals surface area contributed by atoms with Crippen molar-refractivity contribution in [1.82, 2.24) is 0 Å². The van der Waals surface area contributed by atoms with Crippen LogP contribution in [0.15, 0.2) is 47.4 Å². The largest absolute Gasteiger partial charge is 0.222 e. The number of rotatable bonds is 2. The first-order chi connectivity index (χ1) is 7.62. The third-order valence-corrected chi connectivity index (χ3v) is 5.18. The predicted octanol–water partition coefficient (Wildman–Crippen LogP) is 2.07. The summed E-state index contributed by atoms with van der Waals surface area (Å²) in [5.74, 6) is 0. The average Bonchev–Trinajstić information content (AvgIpc) is 2.80. The van der Waals surface area contributed by atoms with Gasteiger partial charge in [-0.2, -0.15) is 5.26 Å². The molecule has 2 rings (SSSR count). The molecule has 0 amide bonds. The van der Waals surface area contributed by atoms with Gasteiger partial charge in [0, 0.05) is 0 Å². The Morgan fingerprint density at radius 1 is 1.12 bits per heavy atom. The molecule has 0 bridgehead atoms. The Kier molecular flexibility index (Phi) is 2.56. The Hall–Kier alpha value is -1.60. The summed E-state index contributed by atoms with van der Waals surface area (Å²) in [7, 11) is -3.57. The maximum atomic E-state index is 12.3. The van der Waals surface area contributed by atoms with Gasteiger partial charge in [0.1, 0.15) is 0 Å². The van der Waals surface area contributed by atoms with Gasteiger partial charge in [-0.05, 0) is 25.0 Å². The smallest absolute Gasteiger partial charge is 0.198 e. The van der Waals surface area contributed by atoms with Gasteiger partial charge in [-0.25, -0.2) is 8.42 Å². The molecule has 1 aliphatic carbocycles. The van der Waals surface area contributed by atoms with Crippen LogP contribution in [0.3, 0.4) is 0 Å². The topological polar surface area (TPSA) is 57.9 Å². The standard InChI is InChI=1S/C12H11NO2S/c13-10-12(8-4-5-9-12)16(14,15)11-6-2-1-3-7-11/h1-7H,8-9H2. The zero-order chi connectivity index (χ0) is 11.6. The van der Waals surface area contributed by atoms with Gasteiger partial charge in [0.05, 0.1) is 11.0 Å². The highest BCUT2D eigenvalue weighted by Gasteiger charge is 2.45. The van der Waals surface area contributed by atoms with Gasteiger partial charge >= 0.3 is 0 Å². The Morgan fingerprint density at radius 2 is 1.69 bits per heavy atom. The van der Waals surface area contributed by atoms with E-state index >= 15 is 0 Å². The fourth-order valence-electron chi connectivity index (χ4n) is 1.83. The van der Waals surface area contributed by atoms with Crippen molar-refractivity contribution in [3.05, 3.63) is 42.5 Å². The maximum Gasteiger partial charge on any atom is 0.198 e. The first-order valence-electron chi connectivity index (χ1n) is 4.98. The predicted molar refractivity (Wildman–Crippen MR) is 60.3 cm³/mol. The van der Waals surface area contributed by atoms with Gasteiger partial charge in [0.2, 0.25) is 0 Å². The molecule has 4 heteroatoms. The number of hydrogen-bond acceptors (Lipinski definition) is 3. The summed E-state index contributed by atoms with van der Waals surface area (Å²) < 4.78 is 23.4. The van der Waals surface area contributed by atoms with E-state index in [1.807, 2.05) is 6.07 Å². The van der Waals surface area contributed by atoms with Crippen LogP contribution in [0, 0.1) is 11.3 Å². The molecule has 0 unspecified atom stereocenters. The minimum absolute atomic E-state index is 0.222. The Labute approximate surface area is 94.9 Å². The van der Waals surface area contributed by atoms with Gasteiger partial charge in [-0.3, -0.25) is 0 Å². The van der Waals surface area contributed by atoms with Crippen LogP contribution in [0.2, 0.25) is 0 Å². The summed E-state index contributed by atoms with van der Waals surface area (Å²) in [5.41, 5.74) is 0. The molecular formula is C12H11NO2S. The second kappa shape index (κ2) is 3.76. The van der Waals surface area contributed by atoms with Crippen LogP contribution in [0.1, 0.15) is 12.8 Å². The van der Waals surface area contributed by atoms with Crippen molar-refractivity contribution in [2.75, 3.05) is 0 Å². The lowest BCUT2D eigenvalue weighted by atomic mass is 10.1. The fourth-order valence-corrected chi connectivity index (χ4v) is 3.54. The first kappa shape index (κ1) is 10.9. The molecular weight excluding hydrogens is 222 g/mol. The van der Waals surface area contributed by atoms with Crippen molar-refractivity contribution >= 4 is 9.84 Å². The van der Waals surface area contributed by atoms with Crippen LogP contribution in [-0.2, 0) is 9.84 Å². The van der Waals surface area contributed by atoms with Crippen molar-refractivity contribution in [2.45, 2.75) is 22.5 Å². The van der Waals surface area contributed by atoms with E-state index in [4.69, 9.17) is 5.26 Å². The van der Waals surface area contributed by atoms with Crippen LogP contribution >= 0.6 is 0 Å². The highest BCUT2D eigenvalue weighted by Crippen LogP contribution is 2.36. The summed E-state index contributed by atoms with van der Waals surface area (Å²) in [4.78, 5) is 0.222. The number of hydrogen-bond donors (Lipinski definition) is 0. The quantitative estimate of drug-likeness (QED) is 0.735. The molecule has 1 aliphatic rings. The molecule has 0 saturated heterocycles. The number of nitriles is 1. The molecule has 82 valence electrons. The van der Waals surface area contributed by atoms with E-state index in [1.165, 1.54) is 12.1 Å². The third kappa shape index (κ3) is 1.44. The van der Waals surface area contributed by atoms with Crippen LogP contribution in [0.25, 0.3) is 0 Å². The van der Waals surface area contributed by atoms with Crippen LogP contribution < -0.4 is 0 Å². The minimum Gasteiger partial charge on any atom is -0.222 e. The van der Waals surface area contributed by atoms with E-state index in [9.17, 15) is 8.42 Å². The number of allylic oxidation sites excluding steroid dienone is 2. The van der Waals surface area contributed by atoms with E-state index in [1.54, 1.807) is 30.4 Å². The van der Waals surface area contributed by atoms with Crippen molar-refractivity contribution in [1.29, 1.82) is 5.26 Å². The van der Waals surface area contributed by atoms with E-state index in [2.05, 4.69) is 0 Å². The summed E-state index contributed by atoms with van der Waals surface area (Å²) in [6, 6.07) is 10.1. The summed E-state index contributed by atoms with van der Waals surface area (Å²) in [6.07, 6.45) is 4.06. The highest BCUT2D eigenvalue weighted by atomic mass is 32.2. The fraction of sp³-hybridized carbons (Fsp3) is 0.250. The lowest BCUT2D eigenvalue weighted by Gasteiger charge is -2.20. The molecule has 0 radical (unpaired) electrons. The summed E-state index contributed by atoms with van der Waals surface area (Å²) >= 11 is 0. The van der Waals surface area contributed by atoms with Crippen LogP contribution in [0.5, 0.6) is 0 Å². The van der Waals surface area contributed by atoms with E-state index < -0.39 is 14.6 Å². The summed E-state index contributed by atoms with van der Waals surface area (Å²) in [6.45, 7) is 0. The molecule has 1 aromatic rings. The first-order valence-corrected chi connectivity index (χ1v) is 6.47. The lowest BCUT2D eigenvalue weighted by molar-refractivity contribution is 0.562. The SMILES string of the molecule is N#CC1(S(=O)(=O)c2ccccc2)CC=CC1. The molecule has 3 nitrogen and oxygen atoms in total. The maximum absolute atomic E-state index is 12.3. The van der Waals surface area contributed by atoms with Crippen molar-refractivity contribution in [3.63, 3.8) is 0 Å². The highest BCUT2D eigenvalue weighted by molar-refractivity contribution is 7.93. The second-order valence-corrected chi connectivity index (χ2v) is 6.06. The molecule has 0 atom stereocenters. The zero-order valence-electron chi connectivity index (χ0n) is 8.63. The van der Waals surface area contributed by atoms with Gasteiger partial charge in [0.25, 0.3) is 0 Å². The molecule has 16 heavy (non-hydrogen) atoms. The van der Waals surface area contributed by atoms with Crippen molar-refractivity contribution in [3.8, 4) is 6.07 Å². The van der Waals surface area contributed by atoms with Gasteiger partial charge in [-0.1, -0.05) is 30.4 Å². The second-order valence-electron chi connectivity index (χ2n) is 3.80. The zero-order valence-corrected chi connectivity index (χ0v) is 9.44. The average molecular weight is 233 g/mol. The van der Waals surface area contributed by atoms with E-state index in [0.29, 0.717) is 0 Å². The number of benzene rings is 1. The Morgan fingerprint density at radius 3 is 2.19 bits per heavy atom. The monoisotopic (exact) mass is 233 g/mol. The Balaban J connectivity index is 2.52. The van der Waals surface area contributed by atoms with E-state index in [-0.39, 0.29) is 17.7 Å². The van der Waals surface area contributed by atoms with Crippen molar-refractivity contribution in [2.24, 2.45) is 0 Å². The van der Waals surface area contributed by atoms with E-state index in [0.717, 1.165) is 0 Å². The Bertz CT molecular complexity index is 544. The number of sulfone groups is 1. The molecule has 0 heterocycles. The van der Waals surface area contributed by atoms with Crippen LogP contribution in [0.4, 0.5) is 0 Å². The van der Waals surface area contributed by atoms with Crippen LogP contribution in [-0.4, -0.2) is 13.2 Å². The molecule has 0 fully saturated rings. The van der Waals surface area contributed by atoms with Crippen molar-refractivity contribution < 1.29 is 8.42 Å². The lowest BCUT2D eigenvalue weighted by Crippen LogP contribution is -2.34. The molecule has 0 N–H and O–H groups in total. The van der Waals surface area contributed by atoms with Gasteiger partial charge in [-0.15, -0.1) is 0 Å². The molecule has 0 aromatic heterocycles. The molecule has 0 aliphatic heterocycles. The normalized spacial score (nSPS) is 18.2. The number of nitrogens with zero attached hydrogens (tertiary/aromatic N) is 1. The van der Waals surface area contributed by atoms with Gasteiger partial charge in [0.15, 0.2) is 14.6 Å². The van der Waals surface area contributed by atoms with Gasteiger partial charge < -0.3 is 0 Å². The molecule has 0 saturated carbocycles. The summed E-state index contributed by atoms with van der Waals surface area (Å²) in [5, 5.41) is 9.14. The third-order valence-electron chi connectivity index (χ3n) is 2.83. The molecule has 1 aromatic carbocycles. The molecule has 0 spiro atoms. The minimum atomic E-state index is -3.57.